The molecule has 0 atom stereocenters. The fraction of sp³-hybridized carbons (Fsp3) is 0.167. The molecular weight excluding hydrogens is 911 g/mol. The van der Waals surface area contributed by atoms with Crippen LogP contribution in [-0.4, -0.2) is 19.6 Å². The first-order valence-electron chi connectivity index (χ1n) is 13.9. The Bertz CT molecular complexity index is 1740. The van der Waals surface area contributed by atoms with Gasteiger partial charge in [-0.1, -0.05) is 76.2 Å². The average molecular weight is 941 g/mol. The molecule has 2 aliphatic carbocycles. The van der Waals surface area contributed by atoms with E-state index in [1.807, 2.05) is 33.9 Å². The maximum atomic E-state index is 9.75. The minimum absolute atomic E-state index is 0. The number of halogens is 2. The third-order valence-electron chi connectivity index (χ3n) is 8.50. The maximum absolute atomic E-state index is 9.75. The smallest absolute Gasteiger partial charge is 0 e. The number of benzene rings is 4. The SMILES string of the molecule is CC1(C)c2c[c-]c(-n3cccn3)cc2-c2ccccc21.CC1(C)c2c[c-]c(-n3cccn3)cc2-c2ccccc21.[F][Ir+][F].[Ir]. The molecule has 6 aromatic rings. The summed E-state index contributed by atoms with van der Waals surface area (Å²) in [7, 11) is 0. The van der Waals surface area contributed by atoms with Crippen molar-refractivity contribution in [3.8, 4) is 33.6 Å². The van der Waals surface area contributed by atoms with Crippen molar-refractivity contribution in [1.29, 1.82) is 0 Å². The molecule has 2 aromatic heterocycles. The Kier molecular flexibility index (Phi) is 9.29. The average Bonchev–Trinajstić information content (AvgIpc) is 3.82. The molecule has 0 fully saturated rings. The van der Waals surface area contributed by atoms with Gasteiger partial charge in [0.05, 0.1) is 0 Å². The van der Waals surface area contributed by atoms with Gasteiger partial charge in [0.2, 0.25) is 0 Å². The standard InChI is InChI=1S/2C18H15N2.2FH.2Ir/c2*1-18(2)16-7-4-3-6-14(16)15-12-13(8-9-17(15)18)20-11-5-10-19-20;;;;/h2*3-7,9-12H,1-2H3;2*1H;;/q2*-1;;;;+3/p-2. The molecule has 8 heteroatoms. The zero-order valence-corrected chi connectivity index (χ0v) is 29.4. The van der Waals surface area contributed by atoms with Crippen LogP contribution in [0.3, 0.4) is 0 Å². The van der Waals surface area contributed by atoms with Crippen molar-refractivity contribution in [2.45, 2.75) is 38.5 Å². The van der Waals surface area contributed by atoms with Gasteiger partial charge in [0.25, 0.3) is 0 Å². The normalized spacial score (nSPS) is 14.0. The molecule has 0 spiro atoms. The molecule has 0 unspecified atom stereocenters. The molecule has 1 radical (unpaired) electrons. The molecule has 227 valence electrons. The molecule has 44 heavy (non-hydrogen) atoms. The second kappa shape index (κ2) is 12.8. The first-order valence-corrected chi connectivity index (χ1v) is 15.7. The molecule has 4 aromatic carbocycles. The number of nitrogens with zero attached hydrogens (tertiary/aromatic N) is 4. The molecule has 2 aliphatic rings. The van der Waals surface area contributed by atoms with Crippen molar-refractivity contribution < 1.29 is 45.3 Å². The zero-order chi connectivity index (χ0) is 30.2. The largest absolute Gasteiger partial charge is 0 e. The van der Waals surface area contributed by atoms with Gasteiger partial charge in [0.15, 0.2) is 0 Å². The Balaban J connectivity index is 0.000000157. The van der Waals surface area contributed by atoms with Crippen LogP contribution in [-0.2, 0) is 49.6 Å². The minimum atomic E-state index is -2.50. The third-order valence-corrected chi connectivity index (χ3v) is 8.50. The topological polar surface area (TPSA) is 35.6 Å². The van der Waals surface area contributed by atoms with Gasteiger partial charge in [0, 0.05) is 44.9 Å². The second-order valence-corrected chi connectivity index (χ2v) is 11.9. The van der Waals surface area contributed by atoms with Gasteiger partial charge >= 0.3 is 25.2 Å². The number of aromatic nitrogens is 4. The predicted molar refractivity (Wildman–Crippen MR) is 162 cm³/mol. The van der Waals surface area contributed by atoms with Gasteiger partial charge in [0.1, 0.15) is 0 Å². The Morgan fingerprint density at radius 2 is 0.977 bits per heavy atom. The van der Waals surface area contributed by atoms with Crippen molar-refractivity contribution in [3.05, 3.63) is 144 Å². The molecule has 2 heterocycles. The van der Waals surface area contributed by atoms with Gasteiger partial charge in [-0.05, 0) is 56.6 Å². The Morgan fingerprint density at radius 3 is 1.34 bits per heavy atom. The summed E-state index contributed by atoms with van der Waals surface area (Å²) in [5.74, 6) is 0. The number of fused-ring (bicyclic) bond motifs is 6. The summed E-state index contributed by atoms with van der Waals surface area (Å²) >= 11 is -2.50. The summed E-state index contributed by atoms with van der Waals surface area (Å²) in [5.41, 5.74) is 12.8. The minimum Gasteiger partial charge on any atom is 0 e. The summed E-state index contributed by atoms with van der Waals surface area (Å²) in [5, 5.41) is 8.58. The van der Waals surface area contributed by atoms with Crippen molar-refractivity contribution in [2.75, 3.05) is 0 Å². The summed E-state index contributed by atoms with van der Waals surface area (Å²) in [6, 6.07) is 36.5. The molecule has 8 rings (SSSR count). The monoisotopic (exact) mass is 942 g/mol. The first-order chi connectivity index (χ1) is 20.8. The maximum Gasteiger partial charge on any atom is 0 e. The van der Waals surface area contributed by atoms with Gasteiger partial charge in [-0.2, -0.15) is 34.5 Å². The molecular formula is C36H30F2Ir2N4-. The van der Waals surface area contributed by atoms with Crippen molar-refractivity contribution >= 4 is 0 Å². The van der Waals surface area contributed by atoms with E-state index in [0.717, 1.165) is 11.4 Å². The summed E-state index contributed by atoms with van der Waals surface area (Å²) in [6.45, 7) is 9.11. The molecule has 0 aliphatic heterocycles. The Hall–Kier alpha value is -3.54. The molecule has 0 amide bonds. The van der Waals surface area contributed by atoms with Crippen LogP contribution in [0.25, 0.3) is 33.6 Å². The predicted octanol–water partition coefficient (Wildman–Crippen LogP) is 8.79. The van der Waals surface area contributed by atoms with Crippen LogP contribution in [0, 0.1) is 12.1 Å². The van der Waals surface area contributed by atoms with Gasteiger partial charge in [-0.15, -0.1) is 34.4 Å². The van der Waals surface area contributed by atoms with Crippen molar-refractivity contribution in [2.24, 2.45) is 0 Å². The van der Waals surface area contributed by atoms with Crippen LogP contribution in [0.5, 0.6) is 0 Å². The second-order valence-electron chi connectivity index (χ2n) is 11.6. The van der Waals surface area contributed by atoms with E-state index < -0.39 is 18.7 Å². The summed E-state index contributed by atoms with van der Waals surface area (Å²) in [6.07, 6.45) is 7.48. The van der Waals surface area contributed by atoms with Gasteiger partial charge in [-0.25, -0.2) is 0 Å². The quantitative estimate of drug-likeness (QED) is 0.163. The molecule has 0 saturated heterocycles. The fourth-order valence-electron chi connectivity index (χ4n) is 6.34. The van der Waals surface area contributed by atoms with Crippen LogP contribution in [0.2, 0.25) is 0 Å². The van der Waals surface area contributed by atoms with Crippen molar-refractivity contribution in [1.82, 2.24) is 19.6 Å². The number of hydrogen-bond donors (Lipinski definition) is 0. The number of rotatable bonds is 2. The van der Waals surface area contributed by atoms with E-state index in [2.05, 4.69) is 123 Å². The zero-order valence-electron chi connectivity index (χ0n) is 24.6. The van der Waals surface area contributed by atoms with Crippen LogP contribution in [0.1, 0.15) is 49.9 Å². The Morgan fingerprint density at radius 1 is 0.591 bits per heavy atom. The molecule has 0 saturated carbocycles. The molecule has 0 N–H and O–H groups in total. The Labute approximate surface area is 279 Å². The van der Waals surface area contributed by atoms with E-state index in [1.54, 1.807) is 12.4 Å². The van der Waals surface area contributed by atoms with E-state index in [-0.39, 0.29) is 30.9 Å². The third kappa shape index (κ3) is 5.57. The van der Waals surface area contributed by atoms with Crippen molar-refractivity contribution in [3.63, 3.8) is 0 Å². The van der Waals surface area contributed by atoms with Crippen LogP contribution in [0.15, 0.2) is 110 Å². The van der Waals surface area contributed by atoms with E-state index >= 15 is 0 Å². The van der Waals surface area contributed by atoms with Crippen LogP contribution in [0.4, 0.5) is 6.51 Å². The van der Waals surface area contributed by atoms with E-state index in [4.69, 9.17) is 0 Å². The van der Waals surface area contributed by atoms with E-state index in [9.17, 15) is 6.51 Å². The first kappa shape index (κ1) is 31.9. The summed E-state index contributed by atoms with van der Waals surface area (Å²) < 4.78 is 23.2. The van der Waals surface area contributed by atoms with E-state index in [0.29, 0.717) is 0 Å². The summed E-state index contributed by atoms with van der Waals surface area (Å²) in [4.78, 5) is 0. The molecule has 4 nitrogen and oxygen atoms in total. The van der Waals surface area contributed by atoms with Gasteiger partial charge in [-0.3, -0.25) is 9.36 Å². The van der Waals surface area contributed by atoms with Crippen LogP contribution < -0.4 is 0 Å². The van der Waals surface area contributed by atoms with Crippen LogP contribution >= 0.6 is 0 Å². The van der Waals surface area contributed by atoms with E-state index in [1.165, 1.54) is 44.5 Å². The fourth-order valence-corrected chi connectivity index (χ4v) is 6.34. The van der Waals surface area contributed by atoms with Gasteiger partial charge < -0.3 is 0 Å². The number of hydrogen-bond acceptors (Lipinski definition) is 2. The molecule has 0 bridgehead atoms.